The molecule has 0 aliphatic heterocycles. The molecule has 0 atom stereocenters. The number of nitrogens with zero attached hydrogens (tertiary/aromatic N) is 3. The SMILES string of the molecule is c1ccc(-c2nc(-c3ccc4sc5ccc(-n6c7ccccc7c7c8sc9ccccc9c8c8ccccc8c76)cc5c4c3)c3sc4cc(-c5ccccc5)c5ccccc5c4c3n2)cc1. The lowest BCUT2D eigenvalue weighted by Gasteiger charge is -2.11. The molecule has 0 amide bonds. The van der Waals surface area contributed by atoms with Gasteiger partial charge in [0.25, 0.3) is 0 Å². The zero-order valence-electron chi connectivity index (χ0n) is 35.1. The average molecular weight is 892 g/mol. The molecule has 3 nitrogen and oxygen atoms in total. The largest absolute Gasteiger partial charge is 0.309 e. The van der Waals surface area contributed by atoms with E-state index < -0.39 is 0 Å². The van der Waals surface area contributed by atoms with Gasteiger partial charge >= 0.3 is 0 Å². The van der Waals surface area contributed by atoms with Crippen LogP contribution in [-0.4, -0.2) is 14.5 Å². The molecule has 0 unspecified atom stereocenters. The van der Waals surface area contributed by atoms with Gasteiger partial charge in [-0.3, -0.25) is 0 Å². The first kappa shape index (κ1) is 36.6. The highest BCUT2D eigenvalue weighted by Crippen LogP contribution is 2.50. The Hall–Kier alpha value is -7.74. The Kier molecular flexibility index (Phi) is 7.69. The van der Waals surface area contributed by atoms with E-state index in [1.165, 1.54) is 105 Å². The second-order valence-corrected chi connectivity index (χ2v) is 20.4. The molecule has 306 valence electrons. The summed E-state index contributed by atoms with van der Waals surface area (Å²) in [6.07, 6.45) is 0. The molecule has 0 N–H and O–H groups in total. The average Bonchev–Trinajstić information content (AvgIpc) is 4.15. The van der Waals surface area contributed by atoms with Crippen molar-refractivity contribution in [2.24, 2.45) is 0 Å². The van der Waals surface area contributed by atoms with Gasteiger partial charge in [0.15, 0.2) is 5.82 Å². The first-order chi connectivity index (χ1) is 32.7. The van der Waals surface area contributed by atoms with Gasteiger partial charge in [-0.25, -0.2) is 9.97 Å². The number of rotatable bonds is 4. The summed E-state index contributed by atoms with van der Waals surface area (Å²) in [5.41, 5.74) is 10.1. The van der Waals surface area contributed by atoms with Crippen LogP contribution >= 0.6 is 34.0 Å². The maximum Gasteiger partial charge on any atom is 0.160 e. The molecule has 0 bridgehead atoms. The Labute approximate surface area is 389 Å². The molecule has 66 heavy (non-hydrogen) atoms. The van der Waals surface area contributed by atoms with E-state index in [4.69, 9.17) is 9.97 Å². The van der Waals surface area contributed by atoms with Crippen LogP contribution in [0.2, 0.25) is 0 Å². The number of para-hydroxylation sites is 1. The van der Waals surface area contributed by atoms with E-state index in [0.717, 1.165) is 38.5 Å². The summed E-state index contributed by atoms with van der Waals surface area (Å²) < 4.78 is 10.0. The number of fused-ring (bicyclic) bond motifs is 18. The van der Waals surface area contributed by atoms with Crippen molar-refractivity contribution < 1.29 is 0 Å². The number of hydrogen-bond donors (Lipinski definition) is 0. The minimum atomic E-state index is 0.734. The lowest BCUT2D eigenvalue weighted by molar-refractivity contribution is 1.19. The van der Waals surface area contributed by atoms with Gasteiger partial charge in [0.05, 0.1) is 26.9 Å². The standard InChI is InChI=1S/C60H33N3S3/c1-3-15-34(16-4-1)44-33-51-53(39-20-8-7-19-38(39)44)56-59(66-51)55(61-60(62-56)35-17-5-2-6-18-35)36-27-29-49-45(31-36)46-32-37(28-30-50(46)64-49)63-47-25-13-11-23-42(47)54-57(63)41-22-10-9-21-40(41)52-43-24-12-14-26-48(43)65-58(52)54/h1-33H. The van der Waals surface area contributed by atoms with Crippen LogP contribution in [0.25, 0.3) is 143 Å². The lowest BCUT2D eigenvalue weighted by Crippen LogP contribution is -1.94. The summed E-state index contributed by atoms with van der Waals surface area (Å²) in [7, 11) is 0. The van der Waals surface area contributed by atoms with Gasteiger partial charge in [-0.1, -0.05) is 152 Å². The van der Waals surface area contributed by atoms with Crippen molar-refractivity contribution in [3.63, 3.8) is 0 Å². The van der Waals surface area contributed by atoms with Gasteiger partial charge in [-0.05, 0) is 75.8 Å². The quantitative estimate of drug-likeness (QED) is 0.176. The third kappa shape index (κ3) is 5.17. The molecule has 0 saturated carbocycles. The summed E-state index contributed by atoms with van der Waals surface area (Å²) in [4.78, 5) is 10.9. The maximum atomic E-state index is 5.46. The molecule has 0 spiro atoms. The molecular formula is C60H33N3S3. The number of hydrogen-bond acceptors (Lipinski definition) is 5. The zero-order valence-corrected chi connectivity index (χ0v) is 37.6. The third-order valence-electron chi connectivity index (χ3n) is 13.6. The van der Waals surface area contributed by atoms with E-state index in [0.29, 0.717) is 0 Å². The van der Waals surface area contributed by atoms with Crippen LogP contribution in [0.4, 0.5) is 0 Å². The van der Waals surface area contributed by atoms with Crippen molar-refractivity contribution in [3.05, 3.63) is 200 Å². The van der Waals surface area contributed by atoms with E-state index in [-0.39, 0.29) is 0 Å². The lowest BCUT2D eigenvalue weighted by atomic mass is 9.95. The summed E-state index contributed by atoms with van der Waals surface area (Å²) in [6.45, 7) is 0. The fourth-order valence-corrected chi connectivity index (χ4v) is 14.3. The molecule has 15 rings (SSSR count). The van der Waals surface area contributed by atoms with Gasteiger partial charge < -0.3 is 4.57 Å². The fourth-order valence-electron chi connectivity index (χ4n) is 10.7. The molecule has 0 aliphatic carbocycles. The zero-order chi connectivity index (χ0) is 43.0. The van der Waals surface area contributed by atoms with Crippen LogP contribution < -0.4 is 0 Å². The number of benzene rings is 10. The fraction of sp³-hybridized carbons (Fsp3) is 0. The highest BCUT2D eigenvalue weighted by atomic mass is 32.1. The highest BCUT2D eigenvalue weighted by molar-refractivity contribution is 7.27. The van der Waals surface area contributed by atoms with E-state index >= 15 is 0 Å². The number of thiophene rings is 3. The van der Waals surface area contributed by atoms with Gasteiger partial charge in [-0.15, -0.1) is 34.0 Å². The Morgan fingerprint density at radius 1 is 0.348 bits per heavy atom. The van der Waals surface area contributed by atoms with Crippen molar-refractivity contribution in [2.75, 3.05) is 0 Å². The minimum Gasteiger partial charge on any atom is -0.309 e. The summed E-state index contributed by atoms with van der Waals surface area (Å²) in [5.74, 6) is 0.734. The third-order valence-corrected chi connectivity index (χ3v) is 17.0. The van der Waals surface area contributed by atoms with Crippen LogP contribution in [0.5, 0.6) is 0 Å². The van der Waals surface area contributed by atoms with Crippen LogP contribution in [0, 0.1) is 0 Å². The first-order valence-corrected chi connectivity index (χ1v) is 24.7. The van der Waals surface area contributed by atoms with Crippen LogP contribution in [-0.2, 0) is 0 Å². The predicted molar refractivity (Wildman–Crippen MR) is 286 cm³/mol. The summed E-state index contributed by atoms with van der Waals surface area (Å²) in [5, 5.41) is 14.0. The summed E-state index contributed by atoms with van der Waals surface area (Å²) >= 11 is 5.57. The second kappa shape index (κ2) is 13.9. The van der Waals surface area contributed by atoms with Crippen molar-refractivity contribution >= 4 is 138 Å². The van der Waals surface area contributed by atoms with Crippen LogP contribution in [0.1, 0.15) is 0 Å². The maximum absolute atomic E-state index is 5.46. The Morgan fingerprint density at radius 3 is 1.76 bits per heavy atom. The first-order valence-electron chi connectivity index (χ1n) is 22.2. The van der Waals surface area contributed by atoms with Gasteiger partial charge in [0, 0.05) is 83.4 Å². The van der Waals surface area contributed by atoms with Crippen molar-refractivity contribution in [1.29, 1.82) is 0 Å². The van der Waals surface area contributed by atoms with Gasteiger partial charge in [0.2, 0.25) is 0 Å². The normalized spacial score (nSPS) is 12.2. The minimum absolute atomic E-state index is 0.734. The Morgan fingerprint density at radius 2 is 0.955 bits per heavy atom. The molecule has 10 aromatic carbocycles. The van der Waals surface area contributed by atoms with Crippen LogP contribution in [0.3, 0.4) is 0 Å². The smallest absolute Gasteiger partial charge is 0.160 e. The van der Waals surface area contributed by atoms with Gasteiger partial charge in [-0.2, -0.15) is 0 Å². The molecule has 6 heteroatoms. The van der Waals surface area contributed by atoms with Gasteiger partial charge in [0.1, 0.15) is 0 Å². The topological polar surface area (TPSA) is 30.7 Å². The van der Waals surface area contributed by atoms with Crippen LogP contribution in [0.15, 0.2) is 200 Å². The second-order valence-electron chi connectivity index (χ2n) is 17.2. The molecule has 5 heterocycles. The Bertz CT molecular complexity index is 4520. The number of aromatic nitrogens is 3. The molecule has 0 saturated heterocycles. The van der Waals surface area contributed by atoms with E-state index in [2.05, 4.69) is 205 Å². The van der Waals surface area contributed by atoms with E-state index in [1.54, 1.807) is 11.3 Å². The van der Waals surface area contributed by atoms with E-state index in [1.807, 2.05) is 22.7 Å². The molecule has 0 radical (unpaired) electrons. The van der Waals surface area contributed by atoms with Crippen molar-refractivity contribution in [2.45, 2.75) is 0 Å². The molecule has 0 aliphatic rings. The van der Waals surface area contributed by atoms with Crippen molar-refractivity contribution in [3.8, 4) is 39.5 Å². The predicted octanol–water partition coefficient (Wildman–Crippen LogP) is 18.0. The molecule has 0 fully saturated rings. The highest BCUT2D eigenvalue weighted by Gasteiger charge is 2.24. The molecular weight excluding hydrogens is 859 g/mol. The monoisotopic (exact) mass is 891 g/mol. The van der Waals surface area contributed by atoms with Crippen molar-refractivity contribution in [1.82, 2.24) is 14.5 Å². The Balaban J connectivity index is 0.990. The molecule has 5 aromatic heterocycles. The van der Waals surface area contributed by atoms with E-state index in [9.17, 15) is 0 Å². The molecule has 15 aromatic rings. The summed E-state index contributed by atoms with van der Waals surface area (Å²) in [6, 6.07) is 73.2.